The average Bonchev–Trinajstić information content (AvgIpc) is 2.50. The average molecular weight is 328 g/mol. The first kappa shape index (κ1) is 19.6. The van der Waals surface area contributed by atoms with Crippen LogP contribution in [0.3, 0.4) is 0 Å². The maximum Gasteiger partial charge on any atom is 0.186 e. The van der Waals surface area contributed by atoms with E-state index in [-0.39, 0.29) is 0 Å². The van der Waals surface area contributed by atoms with Crippen LogP contribution in [-0.4, -0.2) is 109 Å². The first-order valence-electron chi connectivity index (χ1n) is 6.85. The van der Waals surface area contributed by atoms with Crippen LogP contribution in [0.2, 0.25) is 0 Å². The summed E-state index contributed by atoms with van der Waals surface area (Å²) in [5.41, 5.74) is 0. The smallest absolute Gasteiger partial charge is 0.186 e. The third-order valence-electron chi connectivity index (χ3n) is 3.52. The Kier molecular flexibility index (Phi) is 7.55. The third-order valence-corrected chi connectivity index (χ3v) is 3.52. The summed E-state index contributed by atoms with van der Waals surface area (Å²) in [5, 5.41) is 75.6. The molecule has 1 unspecified atom stereocenters. The molecule has 1 rings (SSSR count). The standard InChI is InChI=1S/C12H24O10/c1-4(14)7(16)8(17)5(15)3-21-12-11(20)10(19)9(18)6(2-13)22-12/h4-20H,2-3H2,1H3/t4-,5+,6+,7+,8+,9-,10-,11+,12?/m0/s1. The Bertz CT molecular complexity index is 325. The van der Waals surface area contributed by atoms with Gasteiger partial charge in [0, 0.05) is 0 Å². The summed E-state index contributed by atoms with van der Waals surface area (Å²) in [5.74, 6) is 0. The van der Waals surface area contributed by atoms with Crippen LogP contribution in [0.4, 0.5) is 0 Å². The van der Waals surface area contributed by atoms with E-state index in [9.17, 15) is 30.6 Å². The summed E-state index contributed by atoms with van der Waals surface area (Å²) in [6.45, 7) is 0.00339. The Morgan fingerprint density at radius 3 is 2.05 bits per heavy atom. The van der Waals surface area contributed by atoms with Crippen molar-refractivity contribution in [2.45, 2.75) is 62.0 Å². The van der Waals surface area contributed by atoms with E-state index in [0.717, 1.165) is 0 Å². The second-order valence-electron chi connectivity index (χ2n) is 5.32. The zero-order valence-corrected chi connectivity index (χ0v) is 12.0. The molecule has 8 N–H and O–H groups in total. The van der Waals surface area contributed by atoms with Crippen molar-refractivity contribution in [1.29, 1.82) is 0 Å². The zero-order valence-electron chi connectivity index (χ0n) is 12.0. The van der Waals surface area contributed by atoms with Crippen LogP contribution in [0.5, 0.6) is 0 Å². The molecular formula is C12H24O10. The Hall–Kier alpha value is -0.400. The number of hydrogen-bond donors (Lipinski definition) is 8. The highest BCUT2D eigenvalue weighted by molar-refractivity contribution is 4.89. The predicted octanol–water partition coefficient (Wildman–Crippen LogP) is -4.73. The topological polar surface area (TPSA) is 180 Å². The molecule has 22 heavy (non-hydrogen) atoms. The van der Waals surface area contributed by atoms with Gasteiger partial charge in [-0.3, -0.25) is 0 Å². The molecule has 1 fully saturated rings. The molecule has 0 saturated carbocycles. The number of ether oxygens (including phenoxy) is 2. The number of aliphatic hydroxyl groups is 8. The molecule has 1 saturated heterocycles. The van der Waals surface area contributed by atoms with E-state index in [1.165, 1.54) is 6.92 Å². The highest BCUT2D eigenvalue weighted by Gasteiger charge is 2.44. The van der Waals surface area contributed by atoms with Crippen LogP contribution >= 0.6 is 0 Å². The van der Waals surface area contributed by atoms with Crippen LogP contribution in [-0.2, 0) is 9.47 Å². The van der Waals surface area contributed by atoms with E-state index < -0.39 is 68.3 Å². The van der Waals surface area contributed by atoms with Crippen LogP contribution < -0.4 is 0 Å². The molecule has 1 heterocycles. The Balaban J connectivity index is 2.55. The lowest BCUT2D eigenvalue weighted by Gasteiger charge is -2.40. The first-order valence-corrected chi connectivity index (χ1v) is 6.85. The maximum atomic E-state index is 9.69. The van der Waals surface area contributed by atoms with E-state index in [1.54, 1.807) is 0 Å². The summed E-state index contributed by atoms with van der Waals surface area (Å²) in [6.07, 6.45) is -13.6. The molecule has 0 aromatic rings. The van der Waals surface area contributed by atoms with E-state index in [1.807, 2.05) is 0 Å². The van der Waals surface area contributed by atoms with Gasteiger partial charge in [-0.2, -0.15) is 0 Å². The summed E-state index contributed by atoms with van der Waals surface area (Å²) >= 11 is 0. The fraction of sp³-hybridized carbons (Fsp3) is 1.00. The lowest BCUT2D eigenvalue weighted by atomic mass is 9.99. The van der Waals surface area contributed by atoms with Crippen molar-refractivity contribution >= 4 is 0 Å². The van der Waals surface area contributed by atoms with Crippen molar-refractivity contribution < 1.29 is 50.3 Å². The van der Waals surface area contributed by atoms with Gasteiger partial charge in [0.05, 0.1) is 19.3 Å². The largest absolute Gasteiger partial charge is 0.394 e. The molecule has 0 aromatic carbocycles. The summed E-state index contributed by atoms with van der Waals surface area (Å²) in [6, 6.07) is 0. The number of hydrogen-bond acceptors (Lipinski definition) is 10. The molecule has 0 spiro atoms. The molecule has 0 amide bonds. The lowest BCUT2D eigenvalue weighted by Crippen LogP contribution is -2.59. The van der Waals surface area contributed by atoms with Crippen molar-refractivity contribution in [3.05, 3.63) is 0 Å². The summed E-state index contributed by atoms with van der Waals surface area (Å²) < 4.78 is 10.0. The fourth-order valence-electron chi connectivity index (χ4n) is 2.01. The molecule has 1 aliphatic heterocycles. The Labute approximate surface area is 126 Å². The molecular weight excluding hydrogens is 304 g/mol. The van der Waals surface area contributed by atoms with Gasteiger partial charge in [-0.25, -0.2) is 0 Å². The highest BCUT2D eigenvalue weighted by atomic mass is 16.7. The lowest BCUT2D eigenvalue weighted by molar-refractivity contribution is -0.306. The highest BCUT2D eigenvalue weighted by Crippen LogP contribution is 2.22. The summed E-state index contributed by atoms with van der Waals surface area (Å²) in [7, 11) is 0. The minimum absolute atomic E-state index is 0.590. The molecule has 10 heteroatoms. The van der Waals surface area contributed by atoms with Gasteiger partial charge in [-0.15, -0.1) is 0 Å². The molecule has 0 radical (unpaired) electrons. The van der Waals surface area contributed by atoms with Crippen molar-refractivity contribution in [2.24, 2.45) is 0 Å². The van der Waals surface area contributed by atoms with Gasteiger partial charge < -0.3 is 50.3 Å². The van der Waals surface area contributed by atoms with E-state index >= 15 is 0 Å². The predicted molar refractivity (Wildman–Crippen MR) is 69.4 cm³/mol. The van der Waals surface area contributed by atoms with Gasteiger partial charge >= 0.3 is 0 Å². The fourth-order valence-corrected chi connectivity index (χ4v) is 2.01. The minimum atomic E-state index is -1.70. The molecule has 0 aromatic heterocycles. The molecule has 9 atom stereocenters. The molecule has 1 aliphatic rings. The third kappa shape index (κ3) is 4.55. The van der Waals surface area contributed by atoms with E-state index in [4.69, 9.17) is 19.7 Å². The van der Waals surface area contributed by atoms with E-state index in [2.05, 4.69) is 0 Å². The minimum Gasteiger partial charge on any atom is -0.394 e. The van der Waals surface area contributed by atoms with Gasteiger partial charge in [0.25, 0.3) is 0 Å². The van der Waals surface area contributed by atoms with Crippen molar-refractivity contribution in [2.75, 3.05) is 13.2 Å². The maximum absolute atomic E-state index is 9.69. The van der Waals surface area contributed by atoms with Crippen molar-refractivity contribution in [3.8, 4) is 0 Å². The molecule has 10 nitrogen and oxygen atoms in total. The van der Waals surface area contributed by atoms with Gasteiger partial charge in [0.2, 0.25) is 0 Å². The zero-order chi connectivity index (χ0) is 17.0. The van der Waals surface area contributed by atoms with Gasteiger partial charge in [-0.05, 0) is 6.92 Å². The van der Waals surface area contributed by atoms with Crippen LogP contribution in [0.25, 0.3) is 0 Å². The van der Waals surface area contributed by atoms with Crippen LogP contribution in [0.1, 0.15) is 6.92 Å². The second-order valence-corrected chi connectivity index (χ2v) is 5.32. The van der Waals surface area contributed by atoms with Gasteiger partial charge in [0.15, 0.2) is 6.29 Å². The molecule has 0 aliphatic carbocycles. The SMILES string of the molecule is C[C@H](O)[C@@H](O)[C@H](O)[C@H](O)COC1O[C@H](CO)[C@H](O)[C@H](O)[C@H]1O. The van der Waals surface area contributed by atoms with Crippen LogP contribution in [0, 0.1) is 0 Å². The number of rotatable bonds is 7. The normalized spacial score (nSPS) is 38.3. The molecule has 0 bridgehead atoms. The number of aliphatic hydroxyl groups excluding tert-OH is 8. The summed E-state index contributed by atoms with van der Waals surface area (Å²) in [4.78, 5) is 0. The second kappa shape index (κ2) is 8.45. The Morgan fingerprint density at radius 2 is 1.55 bits per heavy atom. The molecule has 132 valence electrons. The Morgan fingerprint density at radius 1 is 0.955 bits per heavy atom. The quantitative estimate of drug-likeness (QED) is 0.226. The van der Waals surface area contributed by atoms with E-state index in [0.29, 0.717) is 0 Å². The monoisotopic (exact) mass is 328 g/mol. The first-order chi connectivity index (χ1) is 10.2. The van der Waals surface area contributed by atoms with Crippen molar-refractivity contribution in [1.82, 2.24) is 0 Å². The van der Waals surface area contributed by atoms with Gasteiger partial charge in [0.1, 0.15) is 42.7 Å². The van der Waals surface area contributed by atoms with Crippen molar-refractivity contribution in [3.63, 3.8) is 0 Å². The van der Waals surface area contributed by atoms with Gasteiger partial charge in [-0.1, -0.05) is 0 Å². The van der Waals surface area contributed by atoms with Crippen LogP contribution in [0.15, 0.2) is 0 Å².